The summed E-state index contributed by atoms with van der Waals surface area (Å²) in [6.07, 6.45) is 10.5. The summed E-state index contributed by atoms with van der Waals surface area (Å²) in [5.74, 6) is -1.03. The number of nitrogens with one attached hydrogen (secondary N) is 1. The molecule has 1 saturated carbocycles. The van der Waals surface area contributed by atoms with Crippen molar-refractivity contribution >= 4 is 11.9 Å². The van der Waals surface area contributed by atoms with Crippen LogP contribution in [-0.4, -0.2) is 22.5 Å². The van der Waals surface area contributed by atoms with Crippen molar-refractivity contribution in [1.29, 1.82) is 0 Å². The summed E-state index contributed by atoms with van der Waals surface area (Å²) in [5.41, 5.74) is -1.02. The molecule has 0 aromatic carbocycles. The Morgan fingerprint density at radius 2 is 1.61 bits per heavy atom. The van der Waals surface area contributed by atoms with Crippen LogP contribution in [0.2, 0.25) is 0 Å². The summed E-state index contributed by atoms with van der Waals surface area (Å²) >= 11 is 0. The number of hydrogen-bond donors (Lipinski definition) is 2. The first-order valence-electron chi connectivity index (χ1n) is 6.84. The molecule has 100 valence electrons. The van der Waals surface area contributed by atoms with E-state index >= 15 is 0 Å². The third-order valence-corrected chi connectivity index (χ3v) is 4.11. The lowest BCUT2D eigenvalue weighted by Crippen LogP contribution is -2.55. The molecule has 0 bridgehead atoms. The fraction of sp³-hybridized carbons (Fsp3) is 0.714. The van der Waals surface area contributed by atoms with Gasteiger partial charge in [0.2, 0.25) is 5.91 Å². The van der Waals surface area contributed by atoms with E-state index in [2.05, 4.69) is 5.32 Å². The first-order valence-corrected chi connectivity index (χ1v) is 6.84. The average Bonchev–Trinajstić information content (AvgIpc) is 2.77. The molecule has 2 N–H and O–H groups in total. The van der Waals surface area contributed by atoms with Gasteiger partial charge >= 0.3 is 5.97 Å². The van der Waals surface area contributed by atoms with Gasteiger partial charge in [-0.05, 0) is 25.7 Å². The van der Waals surface area contributed by atoms with Crippen LogP contribution in [0, 0.1) is 5.92 Å². The van der Waals surface area contributed by atoms with Gasteiger partial charge in [0.1, 0.15) is 5.54 Å². The second kappa shape index (κ2) is 5.55. The number of rotatable bonds is 3. The van der Waals surface area contributed by atoms with Crippen molar-refractivity contribution in [2.24, 2.45) is 5.92 Å². The van der Waals surface area contributed by atoms with Gasteiger partial charge in [-0.1, -0.05) is 37.8 Å². The van der Waals surface area contributed by atoms with Gasteiger partial charge in [0, 0.05) is 5.92 Å². The van der Waals surface area contributed by atoms with E-state index in [9.17, 15) is 14.7 Å². The van der Waals surface area contributed by atoms with E-state index in [0.29, 0.717) is 12.8 Å². The van der Waals surface area contributed by atoms with E-state index in [-0.39, 0.29) is 11.8 Å². The number of amides is 1. The molecule has 0 spiro atoms. The summed E-state index contributed by atoms with van der Waals surface area (Å²) in [4.78, 5) is 23.7. The number of carbonyl (C=O) groups excluding carboxylic acids is 1. The number of aliphatic carboxylic acids is 1. The van der Waals surface area contributed by atoms with E-state index < -0.39 is 11.5 Å². The maximum atomic E-state index is 12.1. The number of carboxylic acid groups (broad SMARTS) is 1. The van der Waals surface area contributed by atoms with Crippen molar-refractivity contribution in [2.45, 2.75) is 56.9 Å². The fourth-order valence-corrected chi connectivity index (χ4v) is 2.89. The van der Waals surface area contributed by atoms with Crippen LogP contribution in [-0.2, 0) is 9.59 Å². The molecule has 0 aliphatic heterocycles. The first kappa shape index (κ1) is 13.1. The molecule has 0 radical (unpaired) electrons. The Morgan fingerprint density at radius 3 is 2.11 bits per heavy atom. The zero-order valence-electron chi connectivity index (χ0n) is 10.7. The van der Waals surface area contributed by atoms with Crippen LogP contribution in [0.5, 0.6) is 0 Å². The molecule has 2 rings (SSSR count). The van der Waals surface area contributed by atoms with E-state index in [1.165, 1.54) is 0 Å². The van der Waals surface area contributed by atoms with Crippen LogP contribution in [0.25, 0.3) is 0 Å². The number of carboxylic acids is 1. The van der Waals surface area contributed by atoms with Gasteiger partial charge < -0.3 is 10.4 Å². The predicted molar refractivity (Wildman–Crippen MR) is 68.1 cm³/mol. The molecule has 1 amide bonds. The topological polar surface area (TPSA) is 66.4 Å². The minimum absolute atomic E-state index is 0.0653. The molecule has 0 unspecified atom stereocenters. The van der Waals surface area contributed by atoms with Crippen LogP contribution in [0.4, 0.5) is 0 Å². The lowest BCUT2D eigenvalue weighted by Gasteiger charge is -2.30. The highest BCUT2D eigenvalue weighted by molar-refractivity contribution is 5.88. The van der Waals surface area contributed by atoms with E-state index in [0.717, 1.165) is 38.5 Å². The summed E-state index contributed by atoms with van der Waals surface area (Å²) in [5, 5.41) is 12.3. The summed E-state index contributed by atoms with van der Waals surface area (Å²) in [6, 6.07) is 0. The molecule has 4 heteroatoms. The van der Waals surface area contributed by atoms with Gasteiger partial charge in [-0.15, -0.1) is 0 Å². The Kier molecular flexibility index (Phi) is 4.04. The zero-order valence-corrected chi connectivity index (χ0v) is 10.7. The molecule has 0 saturated heterocycles. The Balaban J connectivity index is 2.04. The quantitative estimate of drug-likeness (QED) is 0.597. The molecular weight excluding hydrogens is 230 g/mol. The second-order valence-electron chi connectivity index (χ2n) is 5.43. The minimum Gasteiger partial charge on any atom is -0.480 e. The van der Waals surface area contributed by atoms with Crippen LogP contribution in [0.1, 0.15) is 51.4 Å². The highest BCUT2D eigenvalue weighted by Crippen LogP contribution is 2.29. The molecule has 0 aromatic rings. The van der Waals surface area contributed by atoms with Gasteiger partial charge in [0.25, 0.3) is 0 Å². The third kappa shape index (κ3) is 2.74. The standard InChI is InChI=1S/C14H21NO3/c16-12(11-7-3-4-8-11)15-14(13(17)18)9-5-1-2-6-10-14/h3-4,11H,1-2,5-10H2,(H,15,16)(H,17,18). The van der Waals surface area contributed by atoms with Crippen LogP contribution in [0.3, 0.4) is 0 Å². The van der Waals surface area contributed by atoms with Crippen molar-refractivity contribution < 1.29 is 14.7 Å². The van der Waals surface area contributed by atoms with Crippen molar-refractivity contribution in [3.63, 3.8) is 0 Å². The monoisotopic (exact) mass is 251 g/mol. The molecule has 4 nitrogen and oxygen atoms in total. The van der Waals surface area contributed by atoms with Crippen molar-refractivity contribution in [1.82, 2.24) is 5.32 Å². The molecular formula is C14H21NO3. The predicted octanol–water partition coefficient (Wildman–Crippen LogP) is 2.25. The van der Waals surface area contributed by atoms with Crippen LogP contribution >= 0.6 is 0 Å². The van der Waals surface area contributed by atoms with Crippen molar-refractivity contribution in [3.8, 4) is 0 Å². The molecule has 0 atom stereocenters. The molecule has 0 heterocycles. The van der Waals surface area contributed by atoms with Gasteiger partial charge in [0.15, 0.2) is 0 Å². The van der Waals surface area contributed by atoms with Crippen molar-refractivity contribution in [2.75, 3.05) is 0 Å². The summed E-state index contributed by atoms with van der Waals surface area (Å²) in [7, 11) is 0. The Morgan fingerprint density at radius 1 is 1.06 bits per heavy atom. The molecule has 2 aliphatic rings. The lowest BCUT2D eigenvalue weighted by molar-refractivity contribution is -0.149. The normalized spacial score (nSPS) is 23.6. The average molecular weight is 251 g/mol. The Labute approximate surface area is 107 Å². The fourth-order valence-electron chi connectivity index (χ4n) is 2.89. The first-order chi connectivity index (χ1) is 8.64. The maximum Gasteiger partial charge on any atom is 0.329 e. The maximum absolute atomic E-state index is 12.1. The Hall–Kier alpha value is -1.32. The molecule has 2 aliphatic carbocycles. The van der Waals surface area contributed by atoms with E-state index in [4.69, 9.17) is 0 Å². The van der Waals surface area contributed by atoms with E-state index in [1.54, 1.807) is 0 Å². The zero-order chi connectivity index (χ0) is 13.0. The summed E-state index contributed by atoms with van der Waals surface area (Å²) in [6.45, 7) is 0. The largest absolute Gasteiger partial charge is 0.480 e. The highest BCUT2D eigenvalue weighted by atomic mass is 16.4. The lowest BCUT2D eigenvalue weighted by atomic mass is 9.89. The number of hydrogen-bond acceptors (Lipinski definition) is 2. The van der Waals surface area contributed by atoms with Crippen LogP contribution in [0.15, 0.2) is 12.2 Å². The van der Waals surface area contributed by atoms with Gasteiger partial charge in [0.05, 0.1) is 0 Å². The van der Waals surface area contributed by atoms with Gasteiger partial charge in [-0.25, -0.2) is 4.79 Å². The second-order valence-corrected chi connectivity index (χ2v) is 5.43. The SMILES string of the molecule is O=C(NC1(C(=O)O)CCCCCC1)C1CC=CC1. The Bertz CT molecular complexity index is 346. The smallest absolute Gasteiger partial charge is 0.329 e. The molecule has 18 heavy (non-hydrogen) atoms. The molecule has 0 aromatic heterocycles. The number of carbonyl (C=O) groups is 2. The molecule has 1 fully saturated rings. The summed E-state index contributed by atoms with van der Waals surface area (Å²) < 4.78 is 0. The third-order valence-electron chi connectivity index (χ3n) is 4.11. The number of allylic oxidation sites excluding steroid dienone is 2. The van der Waals surface area contributed by atoms with Crippen LogP contribution < -0.4 is 5.32 Å². The van der Waals surface area contributed by atoms with Gasteiger partial charge in [-0.3, -0.25) is 4.79 Å². The van der Waals surface area contributed by atoms with Gasteiger partial charge in [-0.2, -0.15) is 0 Å². The van der Waals surface area contributed by atoms with Crippen molar-refractivity contribution in [3.05, 3.63) is 12.2 Å². The highest BCUT2D eigenvalue weighted by Gasteiger charge is 2.41. The van der Waals surface area contributed by atoms with E-state index in [1.807, 2.05) is 12.2 Å². The minimum atomic E-state index is -1.02.